The lowest BCUT2D eigenvalue weighted by atomic mass is 9.91. The number of methoxy groups -OCH3 is 1. The number of carbonyl (C=O) groups is 1. The Kier molecular flexibility index (Phi) is 7.21. The second-order valence-corrected chi connectivity index (χ2v) is 6.06. The van der Waals surface area contributed by atoms with Gasteiger partial charge in [0.25, 0.3) is 0 Å². The first-order chi connectivity index (χ1) is 12.2. The third kappa shape index (κ3) is 4.43. The molecule has 0 fully saturated rings. The van der Waals surface area contributed by atoms with Crippen LogP contribution in [0.4, 0.5) is 0 Å². The number of aromatic nitrogens is 1. The molecule has 4 N–H and O–H groups in total. The van der Waals surface area contributed by atoms with Crippen molar-refractivity contribution in [3.63, 3.8) is 0 Å². The Balaban J connectivity index is 0.00000243. The quantitative estimate of drug-likeness (QED) is 0.595. The lowest BCUT2D eigenvalue weighted by molar-refractivity contribution is -0.123. The van der Waals surface area contributed by atoms with Gasteiger partial charge in [-0.2, -0.15) is 0 Å². The van der Waals surface area contributed by atoms with Crippen LogP contribution in [0, 0.1) is 0 Å². The molecule has 3 aromatic rings. The van der Waals surface area contributed by atoms with Crippen molar-refractivity contribution in [3.05, 3.63) is 71.9 Å². The summed E-state index contributed by atoms with van der Waals surface area (Å²) in [6.45, 7) is 0.678. The SMILES string of the molecule is COCC(N)C(=O)NCC(c1ccccc1)c1c[nH]c2ccccc12.Cl. The number of halogens is 1. The lowest BCUT2D eigenvalue weighted by Crippen LogP contribution is -2.44. The van der Waals surface area contributed by atoms with E-state index in [0.717, 1.165) is 22.0 Å². The lowest BCUT2D eigenvalue weighted by Gasteiger charge is -2.19. The molecule has 2 unspecified atom stereocenters. The first kappa shape index (κ1) is 20.0. The Bertz CT molecular complexity index is 835. The van der Waals surface area contributed by atoms with Gasteiger partial charge in [-0.25, -0.2) is 0 Å². The maximum Gasteiger partial charge on any atom is 0.239 e. The number of hydrogen-bond acceptors (Lipinski definition) is 3. The number of rotatable bonds is 7. The molecule has 138 valence electrons. The molecule has 3 rings (SSSR count). The molecule has 0 saturated heterocycles. The minimum Gasteiger partial charge on any atom is -0.383 e. The number of hydrogen-bond donors (Lipinski definition) is 3. The molecule has 0 radical (unpaired) electrons. The van der Waals surface area contributed by atoms with E-state index in [9.17, 15) is 4.79 Å². The summed E-state index contributed by atoms with van der Waals surface area (Å²) in [6, 6.07) is 17.7. The van der Waals surface area contributed by atoms with Gasteiger partial charge in [0.2, 0.25) is 5.91 Å². The zero-order valence-electron chi connectivity index (χ0n) is 14.6. The molecule has 1 heterocycles. The van der Waals surface area contributed by atoms with Crippen molar-refractivity contribution in [2.75, 3.05) is 20.3 Å². The smallest absolute Gasteiger partial charge is 0.239 e. The van der Waals surface area contributed by atoms with Gasteiger partial charge < -0.3 is 20.8 Å². The van der Waals surface area contributed by atoms with Crippen molar-refractivity contribution < 1.29 is 9.53 Å². The molecule has 6 heteroatoms. The predicted molar refractivity (Wildman–Crippen MR) is 107 cm³/mol. The fourth-order valence-electron chi connectivity index (χ4n) is 3.06. The summed E-state index contributed by atoms with van der Waals surface area (Å²) in [4.78, 5) is 15.5. The van der Waals surface area contributed by atoms with Gasteiger partial charge in [0, 0.05) is 36.7 Å². The van der Waals surface area contributed by atoms with E-state index in [1.165, 1.54) is 7.11 Å². The molecule has 26 heavy (non-hydrogen) atoms. The fraction of sp³-hybridized carbons (Fsp3) is 0.250. The number of amides is 1. The summed E-state index contributed by atoms with van der Waals surface area (Å²) >= 11 is 0. The zero-order chi connectivity index (χ0) is 17.6. The molecular weight excluding hydrogens is 350 g/mol. The van der Waals surface area contributed by atoms with Gasteiger partial charge in [-0.3, -0.25) is 4.79 Å². The van der Waals surface area contributed by atoms with Crippen molar-refractivity contribution in [1.82, 2.24) is 10.3 Å². The largest absolute Gasteiger partial charge is 0.383 e. The van der Waals surface area contributed by atoms with Crippen LogP contribution in [0.3, 0.4) is 0 Å². The third-order valence-electron chi connectivity index (χ3n) is 4.36. The first-order valence-electron chi connectivity index (χ1n) is 8.34. The van der Waals surface area contributed by atoms with Crippen molar-refractivity contribution in [1.29, 1.82) is 0 Å². The van der Waals surface area contributed by atoms with Crippen molar-refractivity contribution in [2.45, 2.75) is 12.0 Å². The Morgan fingerprint density at radius 2 is 1.85 bits per heavy atom. The second kappa shape index (κ2) is 9.38. The summed E-state index contributed by atoms with van der Waals surface area (Å²) in [5, 5.41) is 4.12. The van der Waals surface area contributed by atoms with Crippen LogP contribution in [0.15, 0.2) is 60.8 Å². The molecule has 1 aromatic heterocycles. The highest BCUT2D eigenvalue weighted by Gasteiger charge is 2.20. The van der Waals surface area contributed by atoms with E-state index < -0.39 is 6.04 Å². The van der Waals surface area contributed by atoms with E-state index in [4.69, 9.17) is 10.5 Å². The zero-order valence-corrected chi connectivity index (χ0v) is 15.5. The van der Waals surface area contributed by atoms with Gasteiger partial charge in [0.1, 0.15) is 6.04 Å². The van der Waals surface area contributed by atoms with Crippen LogP contribution < -0.4 is 11.1 Å². The number of ether oxygens (including phenoxy) is 1. The van der Waals surface area contributed by atoms with E-state index in [2.05, 4.69) is 28.5 Å². The molecule has 0 aliphatic carbocycles. The van der Waals surface area contributed by atoms with Gasteiger partial charge in [0.05, 0.1) is 6.61 Å². The summed E-state index contributed by atoms with van der Waals surface area (Å²) in [5.74, 6) is -0.168. The fourth-order valence-corrected chi connectivity index (χ4v) is 3.06. The van der Waals surface area contributed by atoms with Gasteiger partial charge in [0.15, 0.2) is 0 Å². The molecule has 1 amide bonds. The molecule has 0 aliphatic heterocycles. The average molecular weight is 374 g/mol. The van der Waals surface area contributed by atoms with E-state index in [-0.39, 0.29) is 30.8 Å². The van der Waals surface area contributed by atoms with Gasteiger partial charge in [-0.15, -0.1) is 12.4 Å². The van der Waals surface area contributed by atoms with Crippen molar-refractivity contribution in [3.8, 4) is 0 Å². The number of H-pyrrole nitrogens is 1. The topological polar surface area (TPSA) is 80.1 Å². The van der Waals surface area contributed by atoms with Crippen LogP contribution in [0.1, 0.15) is 17.0 Å². The van der Waals surface area contributed by atoms with Crippen molar-refractivity contribution >= 4 is 29.2 Å². The average Bonchev–Trinajstić information content (AvgIpc) is 3.07. The monoisotopic (exact) mass is 373 g/mol. The molecule has 2 atom stereocenters. The van der Waals surface area contributed by atoms with Crippen LogP contribution in [-0.4, -0.2) is 37.2 Å². The number of carbonyl (C=O) groups excluding carboxylic acids is 1. The predicted octanol–water partition coefficient (Wildman–Crippen LogP) is 2.81. The van der Waals surface area contributed by atoms with Crippen LogP contribution >= 0.6 is 12.4 Å². The van der Waals surface area contributed by atoms with Gasteiger partial charge >= 0.3 is 0 Å². The minimum atomic E-state index is -0.663. The normalized spacial score (nSPS) is 13.0. The van der Waals surface area contributed by atoms with E-state index in [0.29, 0.717) is 6.54 Å². The maximum atomic E-state index is 12.2. The van der Waals surface area contributed by atoms with Crippen LogP contribution in [0.2, 0.25) is 0 Å². The summed E-state index contributed by atoms with van der Waals surface area (Å²) in [6.07, 6.45) is 2.02. The molecule has 2 aromatic carbocycles. The molecule has 0 spiro atoms. The Labute approximate surface area is 159 Å². The highest BCUT2D eigenvalue weighted by Crippen LogP contribution is 2.30. The minimum absolute atomic E-state index is 0. The number of para-hydroxylation sites is 1. The van der Waals surface area contributed by atoms with Gasteiger partial charge in [-0.05, 0) is 17.2 Å². The summed E-state index contributed by atoms with van der Waals surface area (Å²) in [7, 11) is 1.53. The highest BCUT2D eigenvalue weighted by molar-refractivity contribution is 5.85. The second-order valence-electron chi connectivity index (χ2n) is 6.06. The Morgan fingerprint density at radius 3 is 2.58 bits per heavy atom. The molecular formula is C20H24ClN3O2. The highest BCUT2D eigenvalue weighted by atomic mass is 35.5. The molecule has 5 nitrogen and oxygen atoms in total. The number of aromatic amines is 1. The van der Waals surface area contributed by atoms with E-state index in [1.807, 2.05) is 42.6 Å². The standard InChI is InChI=1S/C20H23N3O2.ClH/c1-25-13-18(21)20(24)23-11-16(14-7-3-2-4-8-14)17-12-22-19-10-6-5-9-15(17)19;/h2-10,12,16,18,22H,11,13,21H2,1H3,(H,23,24);1H. The third-order valence-corrected chi connectivity index (χ3v) is 4.36. The molecule has 0 bridgehead atoms. The number of fused-ring (bicyclic) bond motifs is 1. The maximum absolute atomic E-state index is 12.2. The molecule has 0 saturated carbocycles. The number of benzene rings is 2. The summed E-state index contributed by atoms with van der Waals surface area (Å²) < 4.78 is 4.96. The Hall–Kier alpha value is -2.34. The van der Waals surface area contributed by atoms with Crippen LogP contribution in [0.25, 0.3) is 10.9 Å². The first-order valence-corrected chi connectivity index (χ1v) is 8.34. The Morgan fingerprint density at radius 1 is 1.15 bits per heavy atom. The number of nitrogens with two attached hydrogens (primary N) is 1. The summed E-state index contributed by atoms with van der Waals surface area (Å²) in [5.41, 5.74) is 9.20. The molecule has 0 aliphatic rings. The van der Waals surface area contributed by atoms with E-state index in [1.54, 1.807) is 0 Å². The van der Waals surface area contributed by atoms with E-state index >= 15 is 0 Å². The van der Waals surface area contributed by atoms with Crippen LogP contribution in [-0.2, 0) is 9.53 Å². The number of nitrogens with one attached hydrogen (secondary N) is 2. The van der Waals surface area contributed by atoms with Crippen molar-refractivity contribution in [2.24, 2.45) is 5.73 Å². The van der Waals surface area contributed by atoms with Gasteiger partial charge in [-0.1, -0.05) is 48.5 Å². The van der Waals surface area contributed by atoms with Crippen LogP contribution in [0.5, 0.6) is 0 Å².